The topological polar surface area (TPSA) is 150 Å². The number of halogens is 1. The molecule has 13 nitrogen and oxygen atoms in total. The van der Waals surface area contributed by atoms with Gasteiger partial charge >= 0.3 is 6.09 Å². The Bertz CT molecular complexity index is 1290. The number of aliphatic hydroxyl groups excluding tert-OH is 2. The van der Waals surface area contributed by atoms with Crippen molar-refractivity contribution in [2.45, 2.75) is 31.7 Å². The number of anilines is 2. The van der Waals surface area contributed by atoms with Crippen molar-refractivity contribution in [2.24, 2.45) is 10.3 Å². The number of carbonyl (C=O) groups excluding carboxylic acids is 2. The second-order valence-corrected chi connectivity index (χ2v) is 9.19. The van der Waals surface area contributed by atoms with E-state index in [1.54, 1.807) is 29.2 Å². The lowest BCUT2D eigenvalue weighted by Gasteiger charge is -2.28. The molecule has 4 heterocycles. The average Bonchev–Trinajstić information content (AvgIpc) is 3.55. The summed E-state index contributed by atoms with van der Waals surface area (Å²) < 4.78 is 26.0. The zero-order chi connectivity index (χ0) is 27.5. The second kappa shape index (κ2) is 11.2. The van der Waals surface area contributed by atoms with Gasteiger partial charge in [0, 0.05) is 23.9 Å². The number of amides is 2. The summed E-state index contributed by atoms with van der Waals surface area (Å²) in [7, 11) is 0. The highest BCUT2D eigenvalue weighted by atomic mass is 19.1. The van der Waals surface area contributed by atoms with Crippen LogP contribution in [0.15, 0.2) is 46.8 Å². The van der Waals surface area contributed by atoms with Gasteiger partial charge in [-0.25, -0.2) is 19.2 Å². The highest BCUT2D eigenvalue weighted by Crippen LogP contribution is 2.30. The number of rotatable bonds is 7. The van der Waals surface area contributed by atoms with Gasteiger partial charge in [-0.05, 0) is 37.3 Å². The van der Waals surface area contributed by atoms with E-state index in [4.69, 9.17) is 19.4 Å². The predicted molar refractivity (Wildman–Crippen MR) is 136 cm³/mol. The normalized spacial score (nSPS) is 21.5. The van der Waals surface area contributed by atoms with E-state index in [0.717, 1.165) is 5.01 Å². The van der Waals surface area contributed by atoms with Gasteiger partial charge in [-0.1, -0.05) is 5.16 Å². The van der Waals surface area contributed by atoms with Crippen LogP contribution in [0.25, 0.3) is 11.1 Å². The molecule has 0 spiro atoms. The summed E-state index contributed by atoms with van der Waals surface area (Å²) in [6, 6.07) is 7.88. The van der Waals surface area contributed by atoms with Crippen molar-refractivity contribution in [1.82, 2.24) is 9.99 Å². The van der Waals surface area contributed by atoms with Crippen molar-refractivity contribution in [2.75, 3.05) is 42.6 Å². The number of cyclic esters (lactones) is 1. The lowest BCUT2D eigenvalue weighted by atomic mass is 10.1. The number of oxime groups is 1. The molecule has 2 unspecified atom stereocenters. The number of hydrazone groups is 1. The Balaban J connectivity index is 1.20. The van der Waals surface area contributed by atoms with E-state index in [9.17, 15) is 14.7 Å². The van der Waals surface area contributed by atoms with Crippen LogP contribution in [0.2, 0.25) is 0 Å². The van der Waals surface area contributed by atoms with Crippen LogP contribution in [-0.4, -0.2) is 95.6 Å². The highest BCUT2D eigenvalue weighted by molar-refractivity contribution is 5.90. The summed E-state index contributed by atoms with van der Waals surface area (Å²) in [5.74, 6) is -0.232. The van der Waals surface area contributed by atoms with E-state index in [0.29, 0.717) is 41.5 Å². The molecule has 1 aromatic heterocycles. The monoisotopic (exact) mass is 542 g/mol. The summed E-state index contributed by atoms with van der Waals surface area (Å²) in [4.78, 5) is 36.8. The van der Waals surface area contributed by atoms with Gasteiger partial charge in [-0.15, -0.1) is 0 Å². The molecular weight excluding hydrogens is 515 g/mol. The molecule has 1 saturated heterocycles. The molecular formula is C25H27FN6O7. The molecule has 3 aliphatic rings. The van der Waals surface area contributed by atoms with E-state index < -0.39 is 36.6 Å². The van der Waals surface area contributed by atoms with Crippen LogP contribution >= 0.6 is 0 Å². The van der Waals surface area contributed by atoms with E-state index in [-0.39, 0.29) is 25.8 Å². The Morgan fingerprint density at radius 3 is 2.77 bits per heavy atom. The van der Waals surface area contributed by atoms with Crippen molar-refractivity contribution in [1.29, 1.82) is 0 Å². The van der Waals surface area contributed by atoms with Crippen LogP contribution in [0.1, 0.15) is 13.3 Å². The number of nitrogens with zero attached hydrogens (tertiary/aromatic N) is 6. The van der Waals surface area contributed by atoms with Crippen LogP contribution < -0.4 is 9.80 Å². The van der Waals surface area contributed by atoms with Crippen LogP contribution in [0.4, 0.5) is 20.7 Å². The lowest BCUT2D eigenvalue weighted by molar-refractivity contribution is -0.142. The summed E-state index contributed by atoms with van der Waals surface area (Å²) in [5, 5.41) is 27.3. The first-order valence-corrected chi connectivity index (χ1v) is 12.3. The van der Waals surface area contributed by atoms with Gasteiger partial charge in [0.1, 0.15) is 30.7 Å². The minimum Gasteiger partial charge on any atom is -0.475 e. The van der Waals surface area contributed by atoms with Crippen LogP contribution in [0.3, 0.4) is 0 Å². The number of carbonyl (C=O) groups is 2. The number of ether oxygens (including phenoxy) is 2. The molecule has 39 heavy (non-hydrogen) atoms. The molecule has 0 saturated carbocycles. The number of benzene rings is 1. The summed E-state index contributed by atoms with van der Waals surface area (Å²) >= 11 is 0. The highest BCUT2D eigenvalue weighted by Gasteiger charge is 2.34. The Morgan fingerprint density at radius 2 is 2.13 bits per heavy atom. The van der Waals surface area contributed by atoms with Gasteiger partial charge < -0.3 is 29.4 Å². The van der Waals surface area contributed by atoms with Gasteiger partial charge in [0.2, 0.25) is 5.90 Å². The zero-order valence-corrected chi connectivity index (χ0v) is 21.0. The summed E-state index contributed by atoms with van der Waals surface area (Å²) in [5.41, 5.74) is 1.20. The molecule has 2 aromatic rings. The molecule has 2 amide bonds. The SMILES string of the molecule is CC1CC(OC[C@H]2CN(c3ccc(-c4ccc(N5C=NN(C(=O)C(O)CO)CC5)nc4)c(F)c3)C(=O)O2)=NO1. The van der Waals surface area contributed by atoms with Crippen molar-refractivity contribution in [3.8, 4) is 11.1 Å². The lowest BCUT2D eigenvalue weighted by Crippen LogP contribution is -2.45. The standard InChI is InChI=1S/C25H27FN6O7/c1-15-8-23(29-39-15)37-13-18-11-31(25(36)38-18)17-3-4-19(20(26)9-17)16-2-5-22(27-10-16)30-6-7-32(28-14-30)24(35)21(34)12-33/h2-5,9-10,14-15,18,21,33-34H,6-8,11-13H2,1H3/t15?,18-,21?/m1/s1. The van der Waals surface area contributed by atoms with Gasteiger partial charge in [0.05, 0.1) is 31.8 Å². The number of pyridine rings is 1. The zero-order valence-electron chi connectivity index (χ0n) is 21.0. The van der Waals surface area contributed by atoms with E-state index >= 15 is 4.39 Å². The minimum absolute atomic E-state index is 0.0503. The number of aromatic nitrogens is 1. The fourth-order valence-electron chi connectivity index (χ4n) is 4.22. The van der Waals surface area contributed by atoms with Gasteiger partial charge in [0.15, 0.2) is 12.2 Å². The molecule has 206 valence electrons. The molecule has 0 bridgehead atoms. The molecule has 0 radical (unpaired) electrons. The van der Waals surface area contributed by atoms with Crippen molar-refractivity contribution in [3.05, 3.63) is 42.3 Å². The molecule has 3 aliphatic heterocycles. The molecule has 1 aromatic carbocycles. The van der Waals surface area contributed by atoms with Crippen LogP contribution in [0, 0.1) is 5.82 Å². The average molecular weight is 543 g/mol. The maximum absolute atomic E-state index is 15.1. The number of hydrogen-bond donors (Lipinski definition) is 2. The largest absolute Gasteiger partial charge is 0.475 e. The molecule has 0 aliphatic carbocycles. The van der Waals surface area contributed by atoms with Gasteiger partial charge in [-0.3, -0.25) is 9.69 Å². The maximum atomic E-state index is 15.1. The summed E-state index contributed by atoms with van der Waals surface area (Å²) in [6.07, 6.45) is 0.775. The smallest absolute Gasteiger partial charge is 0.414 e. The van der Waals surface area contributed by atoms with Crippen LogP contribution in [0.5, 0.6) is 0 Å². The molecule has 2 N–H and O–H groups in total. The molecule has 1 fully saturated rings. The molecule has 14 heteroatoms. The number of aliphatic hydroxyl groups is 2. The van der Waals surface area contributed by atoms with Gasteiger partial charge in [0.25, 0.3) is 5.91 Å². The second-order valence-electron chi connectivity index (χ2n) is 9.19. The first-order valence-electron chi connectivity index (χ1n) is 12.3. The van der Waals surface area contributed by atoms with E-state index in [1.165, 1.54) is 23.5 Å². The fraction of sp³-hybridized carbons (Fsp3) is 0.400. The Labute approximate surface area is 222 Å². The number of hydrogen-bond acceptors (Lipinski definition) is 11. The third-order valence-electron chi connectivity index (χ3n) is 6.32. The van der Waals surface area contributed by atoms with Crippen LogP contribution in [-0.2, 0) is 19.1 Å². The van der Waals surface area contributed by atoms with E-state index in [1.807, 2.05) is 6.92 Å². The molecule has 5 rings (SSSR count). The first kappa shape index (κ1) is 26.3. The third kappa shape index (κ3) is 5.76. The van der Waals surface area contributed by atoms with Crippen molar-refractivity contribution >= 4 is 35.7 Å². The minimum atomic E-state index is -1.52. The predicted octanol–water partition coefficient (Wildman–Crippen LogP) is 1.30. The molecule has 3 atom stereocenters. The van der Waals surface area contributed by atoms with Gasteiger partial charge in [-0.2, -0.15) is 5.10 Å². The quantitative estimate of drug-likeness (QED) is 0.528. The third-order valence-corrected chi connectivity index (χ3v) is 6.32. The maximum Gasteiger partial charge on any atom is 0.414 e. The summed E-state index contributed by atoms with van der Waals surface area (Å²) in [6.45, 7) is 2.07. The Morgan fingerprint density at radius 1 is 1.28 bits per heavy atom. The first-order chi connectivity index (χ1) is 18.8. The Hall–Kier alpha value is -4.30. The van der Waals surface area contributed by atoms with Crippen molar-refractivity contribution in [3.63, 3.8) is 0 Å². The Kier molecular flexibility index (Phi) is 7.56. The van der Waals surface area contributed by atoms with E-state index in [2.05, 4.69) is 15.2 Å². The fourth-order valence-corrected chi connectivity index (χ4v) is 4.22. The van der Waals surface area contributed by atoms with Crippen molar-refractivity contribution < 1.29 is 38.5 Å².